The summed E-state index contributed by atoms with van der Waals surface area (Å²) in [4.78, 5) is 11.7. The first-order valence-electron chi connectivity index (χ1n) is 13.0. The molecule has 37 heavy (non-hydrogen) atoms. The van der Waals surface area contributed by atoms with Crippen LogP contribution in [0, 0.1) is 16.7 Å². The number of anilines is 1. The summed E-state index contributed by atoms with van der Waals surface area (Å²) in [5.41, 5.74) is 3.45. The quantitative estimate of drug-likeness (QED) is 0.419. The van der Waals surface area contributed by atoms with E-state index in [4.69, 9.17) is 4.42 Å². The van der Waals surface area contributed by atoms with Crippen molar-refractivity contribution in [2.45, 2.75) is 72.1 Å². The third kappa shape index (κ3) is 4.45. The first kappa shape index (κ1) is 25.8. The Labute approximate surface area is 214 Å². The summed E-state index contributed by atoms with van der Waals surface area (Å²) in [5, 5.41) is 14.5. The van der Waals surface area contributed by atoms with Crippen LogP contribution in [-0.2, 0) is 6.18 Å². The van der Waals surface area contributed by atoms with Gasteiger partial charge in [0.25, 0.3) is 0 Å². The fourth-order valence-electron chi connectivity index (χ4n) is 6.55. The third-order valence-corrected chi connectivity index (χ3v) is 8.89. The molecule has 1 aromatic heterocycles. The molecule has 198 valence electrons. The second-order valence-corrected chi connectivity index (χ2v) is 11.7. The van der Waals surface area contributed by atoms with Crippen LogP contribution < -0.4 is 10.9 Å². The molecular weight excluding hydrogens is 479 g/mol. The number of benzene rings is 1. The van der Waals surface area contributed by atoms with Gasteiger partial charge in [0.05, 0.1) is 11.7 Å². The van der Waals surface area contributed by atoms with Crippen LogP contribution in [0.1, 0.15) is 65.4 Å². The van der Waals surface area contributed by atoms with E-state index in [9.17, 15) is 23.1 Å². The number of allylic oxidation sites excluding steroid dienone is 4. The van der Waals surface area contributed by atoms with Crippen molar-refractivity contribution in [1.29, 1.82) is 0 Å². The fourth-order valence-corrected chi connectivity index (χ4v) is 6.55. The van der Waals surface area contributed by atoms with Crippen LogP contribution in [0.5, 0.6) is 0 Å². The third-order valence-electron chi connectivity index (χ3n) is 8.89. The molecule has 1 heterocycles. The number of rotatable bonds is 4. The minimum Gasteiger partial charge on any atom is -0.423 e. The van der Waals surface area contributed by atoms with Crippen LogP contribution in [0.4, 0.5) is 18.9 Å². The zero-order chi connectivity index (χ0) is 26.8. The van der Waals surface area contributed by atoms with E-state index >= 15 is 0 Å². The Kier molecular flexibility index (Phi) is 6.21. The predicted molar refractivity (Wildman–Crippen MR) is 139 cm³/mol. The van der Waals surface area contributed by atoms with Gasteiger partial charge in [0.15, 0.2) is 0 Å². The van der Waals surface area contributed by atoms with Crippen molar-refractivity contribution in [3.05, 3.63) is 74.7 Å². The van der Waals surface area contributed by atoms with Gasteiger partial charge in [-0.25, -0.2) is 4.79 Å². The van der Waals surface area contributed by atoms with Gasteiger partial charge >= 0.3 is 11.8 Å². The van der Waals surface area contributed by atoms with Crippen LogP contribution >= 0.6 is 0 Å². The molecule has 0 unspecified atom stereocenters. The number of hydrogen-bond acceptors (Lipinski definition) is 4. The molecular formula is C30H34F3NO3. The monoisotopic (exact) mass is 513 g/mol. The summed E-state index contributed by atoms with van der Waals surface area (Å²) in [6.07, 6.45) is 3.88. The molecule has 4 nitrogen and oxygen atoms in total. The molecule has 2 N–H and O–H groups in total. The van der Waals surface area contributed by atoms with Crippen molar-refractivity contribution in [3.8, 4) is 0 Å². The number of hydrogen-bond donors (Lipinski definition) is 2. The number of alkyl halides is 3. The Balaban J connectivity index is 1.44. The highest BCUT2D eigenvalue weighted by molar-refractivity contribution is 5.84. The van der Waals surface area contributed by atoms with Gasteiger partial charge in [-0.3, -0.25) is 0 Å². The highest BCUT2D eigenvalue weighted by Crippen LogP contribution is 2.61. The summed E-state index contributed by atoms with van der Waals surface area (Å²) in [5.74, 6) is 0.469. The van der Waals surface area contributed by atoms with Gasteiger partial charge in [-0.05, 0) is 72.3 Å². The summed E-state index contributed by atoms with van der Waals surface area (Å²) < 4.78 is 45.1. The standard InChI is InChI=1S/C30H34F3NO3/c1-17(2)20-9-10-28(3)11-12-29(4)22(27(20)28)8-5-18(13-25(29)35)16-34-19-6-7-21-23(30(31,32)33)15-26(36)37-24(21)14-19/h5-8,14-15,17,25,34-35H,9-13,16H2,1-4H3/t25-,28+,29+/m0/s1. The van der Waals surface area contributed by atoms with Crippen molar-refractivity contribution in [2.75, 3.05) is 11.9 Å². The molecule has 3 aliphatic carbocycles. The summed E-state index contributed by atoms with van der Waals surface area (Å²) >= 11 is 0. The number of halogens is 3. The summed E-state index contributed by atoms with van der Waals surface area (Å²) in [7, 11) is 0. The van der Waals surface area contributed by atoms with E-state index in [2.05, 4.69) is 45.2 Å². The van der Waals surface area contributed by atoms with Crippen molar-refractivity contribution in [3.63, 3.8) is 0 Å². The molecule has 5 rings (SSSR count). The average Bonchev–Trinajstić information content (AvgIpc) is 3.12. The highest BCUT2D eigenvalue weighted by atomic mass is 19.4. The summed E-state index contributed by atoms with van der Waals surface area (Å²) in [6, 6.07) is 4.77. The number of nitrogens with one attached hydrogen (secondary N) is 1. The summed E-state index contributed by atoms with van der Waals surface area (Å²) in [6.45, 7) is 9.47. The maximum Gasteiger partial charge on any atom is 0.417 e. The molecule has 3 atom stereocenters. The molecule has 0 bridgehead atoms. The maximum atomic E-state index is 13.4. The van der Waals surface area contributed by atoms with Crippen LogP contribution in [0.3, 0.4) is 0 Å². The van der Waals surface area contributed by atoms with E-state index in [-0.39, 0.29) is 21.8 Å². The van der Waals surface area contributed by atoms with Gasteiger partial charge in [0.2, 0.25) is 0 Å². The van der Waals surface area contributed by atoms with Crippen molar-refractivity contribution < 1.29 is 22.7 Å². The van der Waals surface area contributed by atoms with Crippen molar-refractivity contribution >= 4 is 16.7 Å². The van der Waals surface area contributed by atoms with Gasteiger partial charge in [-0.1, -0.05) is 45.4 Å². The number of fused-ring (bicyclic) bond motifs is 4. The SMILES string of the molecule is CC(C)C1=C2C3=CC=C(CNc4ccc5c(C(F)(F)F)cc(=O)oc5c4)C[C@H](O)[C@]3(C)CC[C@@]2(C)CC1. The first-order valence-corrected chi connectivity index (χ1v) is 13.0. The second kappa shape index (κ2) is 8.90. The van der Waals surface area contributed by atoms with Crippen molar-refractivity contribution in [2.24, 2.45) is 16.7 Å². The van der Waals surface area contributed by atoms with E-state index in [1.807, 2.05) is 0 Å². The van der Waals surface area contributed by atoms with Crippen LogP contribution in [-0.4, -0.2) is 17.8 Å². The van der Waals surface area contributed by atoms with Gasteiger partial charge in [0, 0.05) is 35.2 Å². The van der Waals surface area contributed by atoms with Crippen LogP contribution in [0.15, 0.2) is 67.9 Å². The van der Waals surface area contributed by atoms with E-state index in [0.29, 0.717) is 30.6 Å². The Morgan fingerprint density at radius 1 is 1.14 bits per heavy atom. The number of aliphatic hydroxyl groups excluding tert-OH is 1. The minimum absolute atomic E-state index is 0.117. The van der Waals surface area contributed by atoms with Crippen LogP contribution in [0.2, 0.25) is 0 Å². The zero-order valence-corrected chi connectivity index (χ0v) is 21.8. The lowest BCUT2D eigenvalue weighted by Crippen LogP contribution is -2.41. The maximum absolute atomic E-state index is 13.4. The van der Waals surface area contributed by atoms with E-state index in [1.54, 1.807) is 6.07 Å². The molecule has 1 aromatic carbocycles. The largest absolute Gasteiger partial charge is 0.423 e. The highest BCUT2D eigenvalue weighted by Gasteiger charge is 2.51. The lowest BCUT2D eigenvalue weighted by Gasteiger charge is -2.48. The van der Waals surface area contributed by atoms with Crippen LogP contribution in [0.25, 0.3) is 11.0 Å². The molecule has 7 heteroatoms. The van der Waals surface area contributed by atoms with E-state index in [1.165, 1.54) is 28.9 Å². The molecule has 2 aromatic rings. The van der Waals surface area contributed by atoms with Gasteiger partial charge in [-0.2, -0.15) is 13.2 Å². The Morgan fingerprint density at radius 2 is 1.89 bits per heavy atom. The Bertz CT molecular complexity index is 1400. The lowest BCUT2D eigenvalue weighted by molar-refractivity contribution is -0.136. The first-order chi connectivity index (χ1) is 17.3. The van der Waals surface area contributed by atoms with Gasteiger partial charge in [-0.15, -0.1) is 0 Å². The molecule has 0 saturated heterocycles. The topological polar surface area (TPSA) is 62.5 Å². The molecule has 0 radical (unpaired) electrons. The molecule has 0 aliphatic heterocycles. The van der Waals surface area contributed by atoms with E-state index < -0.39 is 23.5 Å². The Hall–Kier alpha value is -2.80. The van der Waals surface area contributed by atoms with E-state index in [0.717, 1.165) is 31.3 Å². The molecule has 3 aliphatic rings. The fraction of sp³-hybridized carbons (Fsp3) is 0.500. The van der Waals surface area contributed by atoms with Gasteiger partial charge in [0.1, 0.15) is 5.58 Å². The Morgan fingerprint density at radius 3 is 2.59 bits per heavy atom. The number of aliphatic hydroxyl groups is 1. The predicted octanol–water partition coefficient (Wildman–Crippen LogP) is 7.39. The molecule has 1 fully saturated rings. The smallest absolute Gasteiger partial charge is 0.417 e. The molecule has 0 amide bonds. The lowest BCUT2D eigenvalue weighted by atomic mass is 9.57. The minimum atomic E-state index is -4.65. The zero-order valence-electron chi connectivity index (χ0n) is 21.8. The molecule has 0 spiro atoms. The normalized spacial score (nSPS) is 28.1. The molecule has 1 saturated carbocycles. The second-order valence-electron chi connectivity index (χ2n) is 11.7. The van der Waals surface area contributed by atoms with Gasteiger partial charge < -0.3 is 14.8 Å². The van der Waals surface area contributed by atoms with Crippen molar-refractivity contribution in [1.82, 2.24) is 0 Å². The average molecular weight is 514 g/mol.